The van der Waals surface area contributed by atoms with Gasteiger partial charge in [-0.05, 0) is 42.8 Å². The summed E-state index contributed by atoms with van der Waals surface area (Å²) in [6, 6.07) is 12.7. The zero-order valence-corrected chi connectivity index (χ0v) is 13.7. The average molecular weight is 368 g/mol. The highest BCUT2D eigenvalue weighted by molar-refractivity contribution is 9.10. The van der Waals surface area contributed by atoms with Crippen molar-refractivity contribution in [3.63, 3.8) is 0 Å². The van der Waals surface area contributed by atoms with Gasteiger partial charge in [-0.1, -0.05) is 28.1 Å². The fourth-order valence-electron chi connectivity index (χ4n) is 2.53. The lowest BCUT2D eigenvalue weighted by atomic mass is 10.1. The predicted molar refractivity (Wildman–Crippen MR) is 87.2 cm³/mol. The summed E-state index contributed by atoms with van der Waals surface area (Å²) in [7, 11) is 0. The van der Waals surface area contributed by atoms with Gasteiger partial charge < -0.3 is 4.57 Å². The van der Waals surface area contributed by atoms with Crippen molar-refractivity contribution in [2.75, 3.05) is 0 Å². The van der Waals surface area contributed by atoms with Crippen LogP contribution in [0.3, 0.4) is 0 Å². The first-order chi connectivity index (χ1) is 10.1. The van der Waals surface area contributed by atoms with Crippen LogP contribution < -0.4 is 0 Å². The Bertz CT molecular complexity index is 783. The Labute approximate surface area is 135 Å². The van der Waals surface area contributed by atoms with Gasteiger partial charge in [-0.15, -0.1) is 11.6 Å². The largest absolute Gasteiger partial charge is 0.320 e. The summed E-state index contributed by atoms with van der Waals surface area (Å²) in [6.45, 7) is 2.06. The summed E-state index contributed by atoms with van der Waals surface area (Å²) >= 11 is 9.45. The van der Waals surface area contributed by atoms with E-state index in [4.69, 9.17) is 11.6 Å². The Morgan fingerprint density at radius 3 is 2.62 bits per heavy atom. The van der Waals surface area contributed by atoms with Crippen LogP contribution in [0.4, 0.5) is 4.39 Å². The van der Waals surface area contributed by atoms with E-state index in [0.717, 1.165) is 26.9 Å². The van der Waals surface area contributed by atoms with Crippen LogP contribution in [-0.4, -0.2) is 9.55 Å². The van der Waals surface area contributed by atoms with Crippen molar-refractivity contribution in [2.24, 2.45) is 0 Å². The van der Waals surface area contributed by atoms with Crippen molar-refractivity contribution in [3.8, 4) is 0 Å². The molecule has 0 saturated heterocycles. The lowest BCUT2D eigenvalue weighted by Crippen LogP contribution is -2.10. The summed E-state index contributed by atoms with van der Waals surface area (Å²) in [5, 5.41) is 0. The van der Waals surface area contributed by atoms with Crippen LogP contribution in [0.5, 0.6) is 0 Å². The summed E-state index contributed by atoms with van der Waals surface area (Å²) in [5.41, 5.74) is 2.64. The van der Waals surface area contributed by atoms with Gasteiger partial charge in [-0.25, -0.2) is 9.37 Å². The third-order valence-corrected chi connectivity index (χ3v) is 4.35. The van der Waals surface area contributed by atoms with E-state index >= 15 is 0 Å². The molecule has 1 aromatic heterocycles. The van der Waals surface area contributed by atoms with E-state index < -0.39 is 0 Å². The number of nitrogens with zero attached hydrogens (tertiary/aromatic N) is 2. The second kappa shape index (κ2) is 5.78. The molecule has 0 aliphatic heterocycles. The number of aromatic nitrogens is 2. The van der Waals surface area contributed by atoms with Crippen molar-refractivity contribution >= 4 is 38.6 Å². The lowest BCUT2D eigenvalue weighted by molar-refractivity contribution is 0.618. The Morgan fingerprint density at radius 2 is 1.95 bits per heavy atom. The van der Waals surface area contributed by atoms with Crippen LogP contribution >= 0.6 is 27.5 Å². The standard InChI is InChI=1S/C16H13BrClFN2/c1-10(11-2-4-12(17)5-3-11)21-15-8-13(19)6-7-14(15)20-16(21)9-18/h2-8,10H,9H2,1H3. The third kappa shape index (κ3) is 2.70. The number of hydrogen-bond donors (Lipinski definition) is 0. The molecular weight excluding hydrogens is 355 g/mol. The smallest absolute Gasteiger partial charge is 0.125 e. The first-order valence-electron chi connectivity index (χ1n) is 6.58. The van der Waals surface area contributed by atoms with E-state index in [1.807, 2.05) is 28.8 Å². The topological polar surface area (TPSA) is 17.8 Å². The highest BCUT2D eigenvalue weighted by Crippen LogP contribution is 2.28. The van der Waals surface area contributed by atoms with Crippen LogP contribution in [0, 0.1) is 5.82 Å². The molecule has 21 heavy (non-hydrogen) atoms. The maximum Gasteiger partial charge on any atom is 0.125 e. The molecule has 1 atom stereocenters. The lowest BCUT2D eigenvalue weighted by Gasteiger charge is -2.17. The van der Waals surface area contributed by atoms with Crippen molar-refractivity contribution in [2.45, 2.75) is 18.8 Å². The molecule has 0 spiro atoms. The highest BCUT2D eigenvalue weighted by atomic mass is 79.9. The first kappa shape index (κ1) is 14.5. The van der Waals surface area contributed by atoms with Crippen LogP contribution in [-0.2, 0) is 5.88 Å². The van der Waals surface area contributed by atoms with E-state index in [1.165, 1.54) is 12.1 Å². The average Bonchev–Trinajstić information content (AvgIpc) is 2.85. The molecule has 3 aromatic rings. The quantitative estimate of drug-likeness (QED) is 0.575. The second-order valence-electron chi connectivity index (χ2n) is 4.89. The van der Waals surface area contributed by atoms with Crippen molar-refractivity contribution in [3.05, 3.63) is 64.1 Å². The number of fused-ring (bicyclic) bond motifs is 1. The monoisotopic (exact) mass is 366 g/mol. The van der Waals surface area contributed by atoms with Gasteiger partial charge in [-0.3, -0.25) is 0 Å². The first-order valence-corrected chi connectivity index (χ1v) is 7.90. The fraction of sp³-hybridized carbons (Fsp3) is 0.188. The van der Waals surface area contributed by atoms with Gasteiger partial charge in [0.15, 0.2) is 0 Å². The molecule has 0 fully saturated rings. The number of hydrogen-bond acceptors (Lipinski definition) is 1. The molecule has 0 N–H and O–H groups in total. The Morgan fingerprint density at radius 1 is 1.24 bits per heavy atom. The number of rotatable bonds is 3. The van der Waals surface area contributed by atoms with Crippen LogP contribution in [0.2, 0.25) is 0 Å². The molecule has 1 heterocycles. The summed E-state index contributed by atoms with van der Waals surface area (Å²) in [6.07, 6.45) is 0. The van der Waals surface area contributed by atoms with Crippen LogP contribution in [0.15, 0.2) is 46.9 Å². The van der Waals surface area contributed by atoms with Gasteiger partial charge in [-0.2, -0.15) is 0 Å². The Hall–Kier alpha value is -1.39. The SMILES string of the molecule is CC(c1ccc(Br)cc1)n1c(CCl)nc2ccc(F)cc21. The Kier molecular flexibility index (Phi) is 4.00. The predicted octanol–water partition coefficient (Wildman–Crippen LogP) is 5.29. The molecule has 1 unspecified atom stereocenters. The van der Waals surface area contributed by atoms with Crippen LogP contribution in [0.25, 0.3) is 11.0 Å². The van der Waals surface area contributed by atoms with Gasteiger partial charge in [0.2, 0.25) is 0 Å². The van der Waals surface area contributed by atoms with Gasteiger partial charge >= 0.3 is 0 Å². The van der Waals surface area contributed by atoms with Gasteiger partial charge in [0, 0.05) is 4.47 Å². The maximum atomic E-state index is 13.6. The normalized spacial score (nSPS) is 12.8. The van der Waals surface area contributed by atoms with E-state index in [9.17, 15) is 4.39 Å². The molecular formula is C16H13BrClFN2. The van der Waals surface area contributed by atoms with Crippen LogP contribution in [0.1, 0.15) is 24.4 Å². The molecule has 0 amide bonds. The molecule has 2 nitrogen and oxygen atoms in total. The molecule has 0 aliphatic carbocycles. The van der Waals surface area contributed by atoms with Gasteiger partial charge in [0.1, 0.15) is 11.6 Å². The molecule has 2 aromatic carbocycles. The van der Waals surface area contributed by atoms with Crippen molar-refractivity contribution in [1.82, 2.24) is 9.55 Å². The van der Waals surface area contributed by atoms with Crippen molar-refractivity contribution in [1.29, 1.82) is 0 Å². The highest BCUT2D eigenvalue weighted by Gasteiger charge is 2.17. The minimum Gasteiger partial charge on any atom is -0.320 e. The Balaban J connectivity index is 2.17. The van der Waals surface area contributed by atoms with E-state index in [-0.39, 0.29) is 17.7 Å². The molecule has 0 bridgehead atoms. The third-order valence-electron chi connectivity index (χ3n) is 3.58. The van der Waals surface area contributed by atoms with Gasteiger partial charge in [0.25, 0.3) is 0 Å². The van der Waals surface area contributed by atoms with Gasteiger partial charge in [0.05, 0.1) is 23.0 Å². The molecule has 0 saturated carbocycles. The molecule has 0 aliphatic rings. The minimum absolute atomic E-state index is 0.0265. The number of halogens is 3. The summed E-state index contributed by atoms with van der Waals surface area (Å²) < 4.78 is 16.6. The maximum absolute atomic E-state index is 13.6. The molecule has 5 heteroatoms. The van der Waals surface area contributed by atoms with E-state index in [1.54, 1.807) is 6.07 Å². The molecule has 3 rings (SSSR count). The van der Waals surface area contributed by atoms with E-state index in [0.29, 0.717) is 0 Å². The second-order valence-corrected chi connectivity index (χ2v) is 6.08. The van der Waals surface area contributed by atoms with Crippen molar-refractivity contribution < 1.29 is 4.39 Å². The minimum atomic E-state index is -0.271. The zero-order valence-electron chi connectivity index (χ0n) is 11.4. The number of alkyl halides is 1. The molecule has 108 valence electrons. The number of imidazole rings is 1. The zero-order chi connectivity index (χ0) is 15.0. The molecule has 0 radical (unpaired) electrons. The summed E-state index contributed by atoms with van der Waals surface area (Å²) in [4.78, 5) is 4.49. The number of benzene rings is 2. The summed E-state index contributed by atoms with van der Waals surface area (Å²) in [5.74, 6) is 0.762. The fourth-order valence-corrected chi connectivity index (χ4v) is 2.99. The van der Waals surface area contributed by atoms with E-state index in [2.05, 4.69) is 27.8 Å².